The quantitative estimate of drug-likeness (QED) is 0.263. The summed E-state index contributed by atoms with van der Waals surface area (Å²) in [5, 5.41) is 8.82. The van der Waals surface area contributed by atoms with E-state index in [0.29, 0.717) is 18.3 Å². The molecule has 0 spiro atoms. The van der Waals surface area contributed by atoms with E-state index in [1.807, 2.05) is 55.5 Å². The van der Waals surface area contributed by atoms with Crippen LogP contribution in [0.4, 0.5) is 0 Å². The Morgan fingerprint density at radius 2 is 1.72 bits per heavy atom. The van der Waals surface area contributed by atoms with Gasteiger partial charge in [0.25, 0.3) is 0 Å². The van der Waals surface area contributed by atoms with Gasteiger partial charge < -0.3 is 14.6 Å². The van der Waals surface area contributed by atoms with Crippen molar-refractivity contribution in [2.45, 2.75) is 36.3 Å². The van der Waals surface area contributed by atoms with Crippen molar-refractivity contribution in [1.29, 1.82) is 0 Å². The van der Waals surface area contributed by atoms with E-state index in [0.717, 1.165) is 43.5 Å². The lowest BCUT2D eigenvalue weighted by Crippen LogP contribution is -2.09. The van der Waals surface area contributed by atoms with Gasteiger partial charge in [0.1, 0.15) is 11.5 Å². The molecule has 0 heterocycles. The highest BCUT2D eigenvalue weighted by Gasteiger charge is 2.07. The number of hydrogen-bond acceptors (Lipinski definition) is 5. The Balaban J connectivity index is 1.77. The van der Waals surface area contributed by atoms with Crippen LogP contribution in [0.1, 0.15) is 36.1 Å². The van der Waals surface area contributed by atoms with Gasteiger partial charge in [0.2, 0.25) is 0 Å². The zero-order valence-corrected chi connectivity index (χ0v) is 22.5. The third-order valence-electron chi connectivity index (χ3n) is 4.99. The molecular formula is C29H30O5S2. The second-order valence-corrected chi connectivity index (χ2v) is 11.1. The zero-order valence-electron chi connectivity index (χ0n) is 20.9. The van der Waals surface area contributed by atoms with Crippen LogP contribution in [0.2, 0.25) is 0 Å². The van der Waals surface area contributed by atoms with E-state index >= 15 is 0 Å². The predicted octanol–water partition coefficient (Wildman–Crippen LogP) is 5.92. The van der Waals surface area contributed by atoms with E-state index in [9.17, 15) is 9.00 Å². The number of carboxylic acids is 1. The first-order valence-electron chi connectivity index (χ1n) is 11.5. The van der Waals surface area contributed by atoms with Crippen molar-refractivity contribution in [1.82, 2.24) is 0 Å². The Bertz CT molecular complexity index is 1290. The van der Waals surface area contributed by atoms with Crippen LogP contribution in [-0.2, 0) is 21.3 Å². The van der Waals surface area contributed by atoms with Crippen LogP contribution in [0.3, 0.4) is 0 Å². The first kappa shape index (κ1) is 27.4. The molecule has 0 aromatic heterocycles. The van der Waals surface area contributed by atoms with Crippen LogP contribution in [0, 0.1) is 24.7 Å². The molecule has 3 aromatic rings. The highest BCUT2D eigenvalue weighted by atomic mass is 32.2. The van der Waals surface area contributed by atoms with Crippen molar-refractivity contribution in [2.75, 3.05) is 19.5 Å². The molecule has 1 N–H and O–H groups in total. The van der Waals surface area contributed by atoms with E-state index in [2.05, 4.69) is 31.8 Å². The van der Waals surface area contributed by atoms with E-state index in [1.54, 1.807) is 24.1 Å². The summed E-state index contributed by atoms with van der Waals surface area (Å²) in [6.07, 6.45) is 1.66. The summed E-state index contributed by atoms with van der Waals surface area (Å²) in [5.41, 5.74) is 3.70. The average Bonchev–Trinajstić information content (AvgIpc) is 2.84. The first-order valence-corrected chi connectivity index (χ1v) is 14.0. The first-order chi connectivity index (χ1) is 17.2. The topological polar surface area (TPSA) is 72.8 Å². The van der Waals surface area contributed by atoms with Crippen molar-refractivity contribution in [3.63, 3.8) is 0 Å². The molecule has 0 aliphatic rings. The molecule has 5 nitrogen and oxygen atoms in total. The Labute approximate surface area is 219 Å². The standard InChI is InChI=1S/C29H30O5S2/c1-20(2)17-33-25-15-23(6-5-22-7-10-27(11-8-22)36(4)32)14-24(16-25)19-35-26-9-12-28(21(3)13-26)34-18-29(30)31/h7-16,20H,17-19H2,1-4H3,(H,30,31). The van der Waals surface area contributed by atoms with Crippen LogP contribution < -0.4 is 9.47 Å². The largest absolute Gasteiger partial charge is 0.493 e. The van der Waals surface area contributed by atoms with Crippen LogP contribution in [0.15, 0.2) is 70.5 Å². The number of ether oxygens (including phenoxy) is 2. The molecule has 0 saturated carbocycles. The maximum atomic E-state index is 11.6. The SMILES string of the molecule is Cc1cc(SCc2cc(C#Cc3ccc(S(C)=O)cc3)cc(OCC(C)C)c2)ccc1OCC(=O)O. The van der Waals surface area contributed by atoms with Crippen LogP contribution in [-0.4, -0.2) is 34.8 Å². The van der Waals surface area contributed by atoms with E-state index in [4.69, 9.17) is 14.6 Å². The monoisotopic (exact) mass is 522 g/mol. The van der Waals surface area contributed by atoms with Gasteiger partial charge in [-0.1, -0.05) is 25.7 Å². The Kier molecular flexibility index (Phi) is 10.0. The minimum atomic E-state index is -1.01. The number of benzene rings is 3. The normalized spacial score (nSPS) is 11.5. The van der Waals surface area contributed by atoms with E-state index in [1.165, 1.54) is 0 Å². The maximum absolute atomic E-state index is 11.6. The molecule has 0 aliphatic carbocycles. The third kappa shape index (κ3) is 8.78. The molecular weight excluding hydrogens is 492 g/mol. The number of rotatable bonds is 10. The lowest BCUT2D eigenvalue weighted by atomic mass is 10.1. The molecule has 188 valence electrons. The zero-order chi connectivity index (χ0) is 26.1. The third-order valence-corrected chi connectivity index (χ3v) is 6.99. The number of aliphatic carboxylic acids is 1. The van der Waals surface area contributed by atoms with Gasteiger partial charge in [-0.15, -0.1) is 11.8 Å². The lowest BCUT2D eigenvalue weighted by molar-refractivity contribution is -0.139. The van der Waals surface area contributed by atoms with Crippen molar-refractivity contribution in [3.8, 4) is 23.3 Å². The van der Waals surface area contributed by atoms with Gasteiger partial charge in [-0.25, -0.2) is 4.79 Å². The van der Waals surface area contributed by atoms with Crippen LogP contribution in [0.5, 0.6) is 11.5 Å². The number of carbonyl (C=O) groups is 1. The van der Waals surface area contributed by atoms with Crippen molar-refractivity contribution in [3.05, 3.63) is 82.9 Å². The molecule has 1 atom stereocenters. The average molecular weight is 523 g/mol. The maximum Gasteiger partial charge on any atom is 0.341 e. The van der Waals surface area contributed by atoms with Crippen molar-refractivity contribution < 1.29 is 23.6 Å². The van der Waals surface area contributed by atoms with Crippen LogP contribution in [0.25, 0.3) is 0 Å². The molecule has 0 amide bonds. The van der Waals surface area contributed by atoms with Gasteiger partial charge in [0.15, 0.2) is 6.61 Å². The lowest BCUT2D eigenvalue weighted by Gasteiger charge is -2.12. The summed E-state index contributed by atoms with van der Waals surface area (Å²) in [6.45, 7) is 6.39. The highest BCUT2D eigenvalue weighted by molar-refractivity contribution is 7.98. The molecule has 36 heavy (non-hydrogen) atoms. The summed E-state index contributed by atoms with van der Waals surface area (Å²) < 4.78 is 22.9. The Morgan fingerprint density at radius 3 is 2.36 bits per heavy atom. The molecule has 7 heteroatoms. The second kappa shape index (κ2) is 13.2. The van der Waals surface area contributed by atoms with Gasteiger partial charge >= 0.3 is 5.97 Å². The minimum absolute atomic E-state index is 0.359. The molecule has 3 rings (SSSR count). The van der Waals surface area contributed by atoms with Crippen molar-refractivity contribution in [2.24, 2.45) is 5.92 Å². The van der Waals surface area contributed by atoms with Crippen LogP contribution >= 0.6 is 11.8 Å². The fourth-order valence-corrected chi connectivity index (χ4v) is 4.66. The van der Waals surface area contributed by atoms with E-state index in [-0.39, 0.29) is 6.61 Å². The second-order valence-electron chi connectivity index (χ2n) is 8.70. The smallest absolute Gasteiger partial charge is 0.341 e. The molecule has 0 bridgehead atoms. The van der Waals surface area contributed by atoms with Gasteiger partial charge in [0, 0.05) is 43.7 Å². The van der Waals surface area contributed by atoms with Gasteiger partial charge in [-0.2, -0.15) is 0 Å². The summed E-state index contributed by atoms with van der Waals surface area (Å²) in [4.78, 5) is 12.6. The van der Waals surface area contributed by atoms with Crippen molar-refractivity contribution >= 4 is 28.5 Å². The summed E-state index contributed by atoms with van der Waals surface area (Å²) >= 11 is 1.68. The Hall–Kier alpha value is -3.21. The van der Waals surface area contributed by atoms with E-state index < -0.39 is 16.8 Å². The van der Waals surface area contributed by atoms with Gasteiger partial charge in [-0.05, 0) is 84.6 Å². The molecule has 1 unspecified atom stereocenters. The number of thioether (sulfide) groups is 1. The molecule has 3 aromatic carbocycles. The molecule has 0 fully saturated rings. The number of carboxylic acid groups (broad SMARTS) is 1. The molecule has 0 saturated heterocycles. The Morgan fingerprint density at radius 1 is 1.00 bits per heavy atom. The summed E-state index contributed by atoms with van der Waals surface area (Å²) in [5.74, 6) is 7.91. The predicted molar refractivity (Wildman–Crippen MR) is 145 cm³/mol. The number of aryl methyl sites for hydroxylation is 1. The minimum Gasteiger partial charge on any atom is -0.493 e. The fraction of sp³-hybridized carbons (Fsp3) is 0.276. The number of hydrogen-bond donors (Lipinski definition) is 1. The van der Waals surface area contributed by atoms with Gasteiger partial charge in [-0.3, -0.25) is 4.21 Å². The molecule has 0 radical (unpaired) electrons. The summed E-state index contributed by atoms with van der Waals surface area (Å²) in [6, 6.07) is 19.2. The summed E-state index contributed by atoms with van der Waals surface area (Å²) in [7, 11) is -1.01. The van der Waals surface area contributed by atoms with Gasteiger partial charge in [0.05, 0.1) is 6.61 Å². The molecule has 0 aliphatic heterocycles. The highest BCUT2D eigenvalue weighted by Crippen LogP contribution is 2.29. The fourth-order valence-electron chi connectivity index (χ4n) is 3.22.